The standard InChI is InChI=1S/C14H20N2S2/c1-18-11-6-4-5-10(9-11)16-13-8-3-2-7-12(13)14(15)17/h2-3,7-8,10-11,16H,4-6,9H2,1H3,(H2,15,17). The lowest BCUT2D eigenvalue weighted by Crippen LogP contribution is -2.29. The lowest BCUT2D eigenvalue weighted by atomic mass is 9.94. The Hall–Kier alpha value is -0.740. The Morgan fingerprint density at radius 1 is 1.39 bits per heavy atom. The summed E-state index contributed by atoms with van der Waals surface area (Å²) in [5.41, 5.74) is 7.80. The van der Waals surface area contributed by atoms with Gasteiger partial charge in [0.1, 0.15) is 4.99 Å². The minimum Gasteiger partial charge on any atom is -0.389 e. The van der Waals surface area contributed by atoms with Crippen molar-refractivity contribution in [2.45, 2.75) is 37.0 Å². The van der Waals surface area contributed by atoms with Gasteiger partial charge in [-0.05, 0) is 37.7 Å². The third-order valence-electron chi connectivity index (χ3n) is 3.51. The van der Waals surface area contributed by atoms with Crippen LogP contribution in [-0.4, -0.2) is 22.5 Å². The second kappa shape index (κ2) is 6.43. The Balaban J connectivity index is 2.07. The number of nitrogens with one attached hydrogen (secondary N) is 1. The first-order valence-electron chi connectivity index (χ1n) is 6.39. The Bertz CT molecular complexity index is 420. The predicted molar refractivity (Wildman–Crippen MR) is 85.5 cm³/mol. The molecule has 0 saturated heterocycles. The lowest BCUT2D eigenvalue weighted by molar-refractivity contribution is 0.473. The predicted octanol–water partition coefficient (Wildman–Crippen LogP) is 3.41. The molecule has 2 rings (SSSR count). The smallest absolute Gasteiger partial charge is 0.106 e. The van der Waals surface area contributed by atoms with E-state index >= 15 is 0 Å². The summed E-state index contributed by atoms with van der Waals surface area (Å²) < 4.78 is 0. The molecule has 1 aromatic rings. The number of rotatable bonds is 4. The topological polar surface area (TPSA) is 38.0 Å². The van der Waals surface area contributed by atoms with Crippen molar-refractivity contribution in [3.05, 3.63) is 29.8 Å². The van der Waals surface area contributed by atoms with Crippen molar-refractivity contribution in [1.82, 2.24) is 0 Å². The van der Waals surface area contributed by atoms with E-state index in [0.717, 1.165) is 16.5 Å². The third kappa shape index (κ3) is 3.39. The van der Waals surface area contributed by atoms with E-state index in [-0.39, 0.29) is 0 Å². The summed E-state index contributed by atoms with van der Waals surface area (Å²) in [4.78, 5) is 0.468. The van der Waals surface area contributed by atoms with Crippen molar-refractivity contribution in [2.75, 3.05) is 11.6 Å². The van der Waals surface area contributed by atoms with Crippen molar-refractivity contribution in [3.8, 4) is 0 Å². The molecule has 2 nitrogen and oxygen atoms in total. The van der Waals surface area contributed by atoms with Gasteiger partial charge in [-0.25, -0.2) is 0 Å². The minimum atomic E-state index is 0.468. The van der Waals surface area contributed by atoms with E-state index < -0.39 is 0 Å². The summed E-state index contributed by atoms with van der Waals surface area (Å²) in [7, 11) is 0. The molecule has 18 heavy (non-hydrogen) atoms. The van der Waals surface area contributed by atoms with E-state index in [2.05, 4.69) is 17.6 Å². The SMILES string of the molecule is CSC1CCCC(Nc2ccccc2C(N)=S)C1. The Morgan fingerprint density at radius 2 is 2.17 bits per heavy atom. The largest absolute Gasteiger partial charge is 0.389 e. The van der Waals surface area contributed by atoms with Gasteiger partial charge in [-0.2, -0.15) is 11.8 Å². The summed E-state index contributed by atoms with van der Waals surface area (Å²) in [6.07, 6.45) is 7.32. The summed E-state index contributed by atoms with van der Waals surface area (Å²) in [6, 6.07) is 8.60. The molecule has 98 valence electrons. The maximum Gasteiger partial charge on any atom is 0.106 e. The Kier molecular flexibility index (Phi) is 4.89. The zero-order chi connectivity index (χ0) is 13.0. The summed E-state index contributed by atoms with van der Waals surface area (Å²) in [6.45, 7) is 0. The van der Waals surface area contributed by atoms with Crippen LogP contribution >= 0.6 is 24.0 Å². The van der Waals surface area contributed by atoms with E-state index in [1.165, 1.54) is 25.7 Å². The molecule has 0 bridgehead atoms. The average Bonchev–Trinajstić information content (AvgIpc) is 2.39. The molecular formula is C14H20N2S2. The van der Waals surface area contributed by atoms with Crippen LogP contribution in [0.25, 0.3) is 0 Å². The summed E-state index contributed by atoms with van der Waals surface area (Å²) in [5.74, 6) is 0. The molecule has 4 heteroatoms. The second-order valence-corrected chi connectivity index (χ2v) is 6.35. The maximum atomic E-state index is 5.76. The zero-order valence-electron chi connectivity index (χ0n) is 10.7. The molecule has 1 fully saturated rings. The van der Waals surface area contributed by atoms with Gasteiger partial charge in [-0.15, -0.1) is 0 Å². The molecule has 1 aromatic carbocycles. The molecule has 2 atom stereocenters. The molecular weight excluding hydrogens is 260 g/mol. The Morgan fingerprint density at radius 3 is 2.89 bits per heavy atom. The number of benzene rings is 1. The number of nitrogens with two attached hydrogens (primary N) is 1. The van der Waals surface area contributed by atoms with Crippen molar-refractivity contribution in [1.29, 1.82) is 0 Å². The highest BCUT2D eigenvalue weighted by atomic mass is 32.2. The fourth-order valence-electron chi connectivity index (χ4n) is 2.53. The molecule has 3 N–H and O–H groups in total. The lowest BCUT2D eigenvalue weighted by Gasteiger charge is -2.30. The van der Waals surface area contributed by atoms with Gasteiger partial charge in [-0.3, -0.25) is 0 Å². The molecule has 0 heterocycles. The van der Waals surface area contributed by atoms with Crippen LogP contribution in [0.1, 0.15) is 31.2 Å². The van der Waals surface area contributed by atoms with Gasteiger partial charge in [0.25, 0.3) is 0 Å². The number of anilines is 1. The number of hydrogen-bond acceptors (Lipinski definition) is 3. The van der Waals surface area contributed by atoms with Crippen LogP contribution in [0.5, 0.6) is 0 Å². The highest BCUT2D eigenvalue weighted by Gasteiger charge is 2.21. The van der Waals surface area contributed by atoms with Gasteiger partial charge in [0.15, 0.2) is 0 Å². The number of thiocarbonyl (C=S) groups is 1. The number of para-hydroxylation sites is 1. The zero-order valence-corrected chi connectivity index (χ0v) is 12.3. The molecule has 1 aliphatic carbocycles. The number of hydrogen-bond donors (Lipinski definition) is 2. The molecule has 0 spiro atoms. The van der Waals surface area contributed by atoms with Gasteiger partial charge in [0.05, 0.1) is 0 Å². The highest BCUT2D eigenvalue weighted by Crippen LogP contribution is 2.29. The first kappa shape index (κ1) is 13.7. The average molecular weight is 280 g/mol. The molecule has 1 saturated carbocycles. The van der Waals surface area contributed by atoms with Gasteiger partial charge >= 0.3 is 0 Å². The van der Waals surface area contributed by atoms with Crippen LogP contribution in [0.3, 0.4) is 0 Å². The first-order valence-corrected chi connectivity index (χ1v) is 8.08. The van der Waals surface area contributed by atoms with Gasteiger partial charge in [0.2, 0.25) is 0 Å². The molecule has 0 aliphatic heterocycles. The first-order chi connectivity index (χ1) is 8.70. The van der Waals surface area contributed by atoms with Gasteiger partial charge in [-0.1, -0.05) is 30.8 Å². The third-order valence-corrected chi connectivity index (χ3v) is 4.83. The van der Waals surface area contributed by atoms with Crippen molar-refractivity contribution in [2.24, 2.45) is 5.73 Å². The fraction of sp³-hybridized carbons (Fsp3) is 0.500. The van der Waals surface area contributed by atoms with Gasteiger partial charge < -0.3 is 11.1 Å². The monoisotopic (exact) mass is 280 g/mol. The van der Waals surface area contributed by atoms with Crippen molar-refractivity contribution >= 4 is 34.7 Å². The van der Waals surface area contributed by atoms with E-state index in [1.807, 2.05) is 30.0 Å². The molecule has 0 radical (unpaired) electrons. The van der Waals surface area contributed by atoms with Crippen LogP contribution in [0.4, 0.5) is 5.69 Å². The van der Waals surface area contributed by atoms with Crippen LogP contribution in [0, 0.1) is 0 Å². The fourth-order valence-corrected chi connectivity index (χ4v) is 3.54. The Labute approximate surface area is 119 Å². The maximum absolute atomic E-state index is 5.76. The molecule has 0 amide bonds. The summed E-state index contributed by atoms with van der Waals surface area (Å²) >= 11 is 7.08. The number of thioether (sulfide) groups is 1. The van der Waals surface area contributed by atoms with Gasteiger partial charge in [0, 0.05) is 22.5 Å². The van der Waals surface area contributed by atoms with E-state index in [9.17, 15) is 0 Å². The van der Waals surface area contributed by atoms with Crippen LogP contribution in [-0.2, 0) is 0 Å². The van der Waals surface area contributed by atoms with Crippen molar-refractivity contribution < 1.29 is 0 Å². The molecule has 0 aromatic heterocycles. The minimum absolute atomic E-state index is 0.468. The molecule has 1 aliphatic rings. The van der Waals surface area contributed by atoms with E-state index in [4.69, 9.17) is 18.0 Å². The van der Waals surface area contributed by atoms with E-state index in [1.54, 1.807) is 0 Å². The second-order valence-electron chi connectivity index (χ2n) is 4.78. The quantitative estimate of drug-likeness (QED) is 0.829. The van der Waals surface area contributed by atoms with E-state index in [0.29, 0.717) is 11.0 Å². The van der Waals surface area contributed by atoms with Crippen molar-refractivity contribution in [3.63, 3.8) is 0 Å². The summed E-state index contributed by atoms with van der Waals surface area (Å²) in [5, 5.41) is 4.40. The highest BCUT2D eigenvalue weighted by molar-refractivity contribution is 7.99. The molecule has 2 unspecified atom stereocenters. The van der Waals surface area contributed by atoms with Crippen LogP contribution in [0.2, 0.25) is 0 Å². The van der Waals surface area contributed by atoms with Crippen LogP contribution < -0.4 is 11.1 Å². The van der Waals surface area contributed by atoms with Crippen LogP contribution in [0.15, 0.2) is 24.3 Å². The normalized spacial score (nSPS) is 23.6.